The number of rotatable bonds is 6. The fourth-order valence-corrected chi connectivity index (χ4v) is 6.28. The number of benzene rings is 1. The van der Waals surface area contributed by atoms with Crippen LogP contribution in [-0.2, 0) is 22.6 Å². The van der Waals surface area contributed by atoms with Crippen LogP contribution in [0.2, 0.25) is 0 Å². The molecular weight excluding hydrogens is 487 g/mol. The van der Waals surface area contributed by atoms with E-state index in [0.717, 1.165) is 34.3 Å². The van der Waals surface area contributed by atoms with Gasteiger partial charge in [0, 0.05) is 35.9 Å². The molecule has 12 heteroatoms. The summed E-state index contributed by atoms with van der Waals surface area (Å²) >= 11 is 1.51. The largest absolute Gasteiger partial charge is 0.416 e. The fourth-order valence-electron chi connectivity index (χ4n) is 4.01. The fraction of sp³-hybridized carbons (Fsp3) is 0.409. The van der Waals surface area contributed by atoms with Gasteiger partial charge in [-0.2, -0.15) is 17.5 Å². The Balaban J connectivity index is 1.49. The van der Waals surface area contributed by atoms with E-state index >= 15 is 0 Å². The maximum atomic E-state index is 13.1. The van der Waals surface area contributed by atoms with Gasteiger partial charge < -0.3 is 5.32 Å². The third kappa shape index (κ3) is 5.73. The summed E-state index contributed by atoms with van der Waals surface area (Å²) < 4.78 is 66.7. The molecular formula is C22H24F3N5O2S2. The zero-order chi connectivity index (χ0) is 24.5. The van der Waals surface area contributed by atoms with Crippen LogP contribution in [-0.4, -0.2) is 40.8 Å². The van der Waals surface area contributed by atoms with Gasteiger partial charge in [-0.1, -0.05) is 6.07 Å². The summed E-state index contributed by atoms with van der Waals surface area (Å²) in [5, 5.41) is 3.89. The van der Waals surface area contributed by atoms with Crippen molar-refractivity contribution in [2.45, 2.75) is 44.2 Å². The lowest BCUT2D eigenvalue weighted by atomic mass is 9.94. The smallest absolute Gasteiger partial charge is 0.316 e. The standard InChI is InChI=1S/C22H24F3N5O2S2/c1-14-12-26-21(33-14)29-20-11-18(27-15(2)28-20)9-16-5-4-8-30(13-16)34(31,32)19-7-3-6-17(10-19)22(23,24)25/h3,6-7,10-12,16H,4-5,8-9,13H2,1-2H3,(H,26,27,28,29). The molecule has 1 N–H and O–H groups in total. The van der Waals surface area contributed by atoms with E-state index in [0.29, 0.717) is 30.6 Å². The van der Waals surface area contributed by atoms with Crippen LogP contribution in [0.15, 0.2) is 41.4 Å². The Kier molecular flexibility index (Phi) is 6.92. The van der Waals surface area contributed by atoms with Crippen molar-refractivity contribution in [3.05, 3.63) is 58.5 Å². The number of aromatic nitrogens is 3. The highest BCUT2D eigenvalue weighted by Gasteiger charge is 2.34. The van der Waals surface area contributed by atoms with Gasteiger partial charge in [0.15, 0.2) is 5.13 Å². The predicted octanol–water partition coefficient (Wildman–Crippen LogP) is 4.96. The molecule has 0 spiro atoms. The first-order chi connectivity index (χ1) is 16.0. The second-order valence-corrected chi connectivity index (χ2v) is 11.5. The van der Waals surface area contributed by atoms with E-state index in [-0.39, 0.29) is 23.9 Å². The number of alkyl halides is 3. The van der Waals surface area contributed by atoms with E-state index in [1.165, 1.54) is 21.7 Å². The number of halogens is 3. The van der Waals surface area contributed by atoms with Gasteiger partial charge in [0.25, 0.3) is 0 Å². The van der Waals surface area contributed by atoms with Crippen molar-refractivity contribution in [3.63, 3.8) is 0 Å². The molecule has 4 rings (SSSR count). The van der Waals surface area contributed by atoms with Gasteiger partial charge >= 0.3 is 6.18 Å². The summed E-state index contributed by atoms with van der Waals surface area (Å²) in [4.78, 5) is 13.9. The van der Waals surface area contributed by atoms with Crippen LogP contribution in [0.3, 0.4) is 0 Å². The van der Waals surface area contributed by atoms with E-state index < -0.39 is 21.8 Å². The van der Waals surface area contributed by atoms with Gasteiger partial charge in [-0.15, -0.1) is 11.3 Å². The molecule has 1 unspecified atom stereocenters. The maximum absolute atomic E-state index is 13.1. The maximum Gasteiger partial charge on any atom is 0.416 e. The molecule has 7 nitrogen and oxygen atoms in total. The van der Waals surface area contributed by atoms with E-state index in [4.69, 9.17) is 0 Å². The van der Waals surface area contributed by atoms with Crippen LogP contribution in [0.5, 0.6) is 0 Å². The molecule has 1 aromatic carbocycles. The van der Waals surface area contributed by atoms with Gasteiger partial charge in [-0.05, 0) is 57.2 Å². The predicted molar refractivity (Wildman–Crippen MR) is 124 cm³/mol. The Morgan fingerprint density at radius 1 is 1.21 bits per heavy atom. The number of anilines is 2. The van der Waals surface area contributed by atoms with E-state index in [1.807, 2.05) is 13.0 Å². The highest BCUT2D eigenvalue weighted by molar-refractivity contribution is 7.89. The molecule has 3 heterocycles. The van der Waals surface area contributed by atoms with Crippen molar-refractivity contribution in [2.24, 2.45) is 5.92 Å². The zero-order valence-corrected chi connectivity index (χ0v) is 20.3. The topological polar surface area (TPSA) is 88.1 Å². The Morgan fingerprint density at radius 2 is 2.00 bits per heavy atom. The molecule has 1 saturated heterocycles. The summed E-state index contributed by atoms with van der Waals surface area (Å²) in [5.41, 5.74) is -0.208. The normalized spacial score (nSPS) is 17.6. The number of hydrogen-bond donors (Lipinski definition) is 1. The third-order valence-corrected chi connectivity index (χ3v) is 8.22. The second-order valence-electron chi connectivity index (χ2n) is 8.29. The first kappa shape index (κ1) is 24.6. The number of sulfonamides is 1. The molecule has 0 amide bonds. The van der Waals surface area contributed by atoms with Crippen molar-refractivity contribution >= 4 is 32.3 Å². The lowest BCUT2D eigenvalue weighted by Gasteiger charge is -2.32. The van der Waals surface area contributed by atoms with Crippen LogP contribution in [0.25, 0.3) is 0 Å². The first-order valence-electron chi connectivity index (χ1n) is 10.7. The Hall–Kier alpha value is -2.57. The number of hydrogen-bond acceptors (Lipinski definition) is 7. The summed E-state index contributed by atoms with van der Waals surface area (Å²) in [6, 6.07) is 5.72. The van der Waals surface area contributed by atoms with E-state index in [2.05, 4.69) is 20.3 Å². The molecule has 1 atom stereocenters. The van der Waals surface area contributed by atoms with Gasteiger partial charge in [-0.25, -0.2) is 23.4 Å². The minimum Gasteiger partial charge on any atom is -0.316 e. The SMILES string of the molecule is Cc1nc(CC2CCCN(S(=O)(=O)c3cccc(C(F)(F)F)c3)C2)cc(Nc2ncc(C)s2)n1. The molecule has 1 fully saturated rings. The summed E-state index contributed by atoms with van der Waals surface area (Å²) in [6.45, 7) is 4.24. The molecule has 0 aliphatic carbocycles. The lowest BCUT2D eigenvalue weighted by molar-refractivity contribution is -0.137. The van der Waals surface area contributed by atoms with Crippen LogP contribution in [0.1, 0.15) is 34.8 Å². The number of nitrogens with one attached hydrogen (secondary N) is 1. The lowest BCUT2D eigenvalue weighted by Crippen LogP contribution is -2.40. The van der Waals surface area contributed by atoms with E-state index in [9.17, 15) is 21.6 Å². The van der Waals surface area contributed by atoms with Gasteiger partial charge in [0.2, 0.25) is 10.0 Å². The molecule has 182 valence electrons. The molecule has 3 aromatic rings. The Bertz CT molecular complexity index is 1280. The summed E-state index contributed by atoms with van der Waals surface area (Å²) in [5.74, 6) is 1.18. The molecule has 34 heavy (non-hydrogen) atoms. The highest BCUT2D eigenvalue weighted by Crippen LogP contribution is 2.32. The van der Waals surface area contributed by atoms with Crippen molar-refractivity contribution in [1.29, 1.82) is 0 Å². The Morgan fingerprint density at radius 3 is 2.71 bits per heavy atom. The summed E-state index contributed by atoms with van der Waals surface area (Å²) in [7, 11) is -4.04. The highest BCUT2D eigenvalue weighted by atomic mass is 32.2. The molecule has 2 aromatic heterocycles. The molecule has 0 saturated carbocycles. The van der Waals surface area contributed by atoms with Gasteiger partial charge in [0.1, 0.15) is 11.6 Å². The van der Waals surface area contributed by atoms with E-state index in [1.54, 1.807) is 13.1 Å². The quantitative estimate of drug-likeness (QED) is 0.504. The number of nitrogens with zero attached hydrogens (tertiary/aromatic N) is 4. The summed E-state index contributed by atoms with van der Waals surface area (Å²) in [6.07, 6.45) is -0.889. The zero-order valence-electron chi connectivity index (χ0n) is 18.6. The average Bonchev–Trinajstić information content (AvgIpc) is 3.17. The van der Waals surface area contributed by atoms with Crippen LogP contribution >= 0.6 is 11.3 Å². The monoisotopic (exact) mass is 511 g/mol. The van der Waals surface area contributed by atoms with Gasteiger partial charge in [0.05, 0.1) is 10.5 Å². The average molecular weight is 512 g/mol. The van der Waals surface area contributed by atoms with Crippen molar-refractivity contribution < 1.29 is 21.6 Å². The minimum atomic E-state index is -4.61. The van der Waals surface area contributed by atoms with Gasteiger partial charge in [-0.3, -0.25) is 0 Å². The number of aryl methyl sites for hydroxylation is 2. The molecule has 1 aliphatic rings. The first-order valence-corrected chi connectivity index (χ1v) is 13.0. The third-order valence-electron chi connectivity index (χ3n) is 5.53. The van der Waals surface area contributed by atoms with Crippen molar-refractivity contribution in [1.82, 2.24) is 19.3 Å². The van der Waals surface area contributed by atoms with Crippen LogP contribution in [0, 0.1) is 19.8 Å². The second kappa shape index (κ2) is 9.59. The molecule has 1 aliphatic heterocycles. The van der Waals surface area contributed by atoms with Crippen LogP contribution in [0.4, 0.5) is 24.1 Å². The van der Waals surface area contributed by atoms with Crippen molar-refractivity contribution in [3.8, 4) is 0 Å². The number of piperidine rings is 1. The molecule has 0 bridgehead atoms. The van der Waals surface area contributed by atoms with Crippen LogP contribution < -0.4 is 5.32 Å². The Labute approximate surface area is 200 Å². The molecule has 0 radical (unpaired) electrons. The minimum absolute atomic E-state index is 0.0152. The van der Waals surface area contributed by atoms with Crippen molar-refractivity contribution in [2.75, 3.05) is 18.4 Å². The number of thiazole rings is 1.